The van der Waals surface area contributed by atoms with Gasteiger partial charge in [0.25, 0.3) is 0 Å². The molecule has 246 valence electrons. The zero-order valence-corrected chi connectivity index (χ0v) is 28.2. The number of amides is 2. The molecule has 10 nitrogen and oxygen atoms in total. The summed E-state index contributed by atoms with van der Waals surface area (Å²) in [7, 11) is 3.26. The third-order valence-corrected chi connectivity index (χ3v) is 8.63. The van der Waals surface area contributed by atoms with Crippen molar-refractivity contribution in [1.29, 1.82) is 0 Å². The van der Waals surface area contributed by atoms with Crippen molar-refractivity contribution in [1.82, 2.24) is 19.8 Å². The summed E-state index contributed by atoms with van der Waals surface area (Å²) < 4.78 is 0. The van der Waals surface area contributed by atoms with Crippen LogP contribution >= 0.6 is 0 Å². The second-order valence-electron chi connectivity index (χ2n) is 12.3. The van der Waals surface area contributed by atoms with E-state index in [9.17, 15) is 9.59 Å². The number of hydrogen-bond acceptors (Lipinski definition) is 8. The van der Waals surface area contributed by atoms with Gasteiger partial charge < -0.3 is 11.5 Å². The molecule has 2 aromatic heterocycles. The number of carbonyl (C=O) groups excluding carboxylic acids is 2. The summed E-state index contributed by atoms with van der Waals surface area (Å²) in [6, 6.07) is 23.3. The molecule has 0 radical (unpaired) electrons. The van der Waals surface area contributed by atoms with Gasteiger partial charge in [-0.05, 0) is 86.0 Å². The SMILES string of the molecule is C#Cc1cccc(-c2ccnc([C@]3(C)CC(=O)N(C)C(N)=N3)c2)c1.CC#Cc1cccc(-c2cc([C@]3(C)CC(=O)N(C)C(N)=N3)ccn2)c1. The molecule has 0 saturated heterocycles. The zero-order chi connectivity index (χ0) is 35.3. The van der Waals surface area contributed by atoms with Crippen LogP contribution in [0.2, 0.25) is 0 Å². The highest BCUT2D eigenvalue weighted by molar-refractivity contribution is 5.99. The Morgan fingerprint density at radius 3 is 1.96 bits per heavy atom. The molecule has 10 heteroatoms. The number of terminal acetylenes is 1. The van der Waals surface area contributed by atoms with Crippen LogP contribution in [0.3, 0.4) is 0 Å². The van der Waals surface area contributed by atoms with Gasteiger partial charge in [-0.15, -0.1) is 12.3 Å². The first kappa shape index (κ1) is 34.1. The number of guanidine groups is 2. The third kappa shape index (κ3) is 7.34. The molecule has 4 heterocycles. The number of nitrogens with two attached hydrogens (primary N) is 2. The van der Waals surface area contributed by atoms with E-state index in [-0.39, 0.29) is 36.6 Å². The molecule has 2 aliphatic heterocycles. The molecule has 2 aliphatic rings. The van der Waals surface area contributed by atoms with Crippen LogP contribution in [0.5, 0.6) is 0 Å². The van der Waals surface area contributed by atoms with E-state index in [1.165, 1.54) is 9.80 Å². The molecule has 2 atom stereocenters. The lowest BCUT2D eigenvalue weighted by Crippen LogP contribution is -2.47. The molecule has 0 unspecified atom stereocenters. The number of nitrogens with zero attached hydrogens (tertiary/aromatic N) is 6. The van der Waals surface area contributed by atoms with Crippen molar-refractivity contribution in [2.24, 2.45) is 21.5 Å². The van der Waals surface area contributed by atoms with Crippen molar-refractivity contribution in [2.75, 3.05) is 14.1 Å². The monoisotopic (exact) mass is 650 g/mol. The Bertz CT molecular complexity index is 2100. The van der Waals surface area contributed by atoms with Crippen LogP contribution in [0.1, 0.15) is 56.0 Å². The van der Waals surface area contributed by atoms with Crippen LogP contribution in [0.25, 0.3) is 22.4 Å². The molecule has 4 aromatic rings. The van der Waals surface area contributed by atoms with E-state index in [1.807, 2.05) is 93.6 Å². The molecule has 4 N–H and O–H groups in total. The Morgan fingerprint density at radius 2 is 1.31 bits per heavy atom. The molecule has 0 spiro atoms. The highest BCUT2D eigenvalue weighted by Gasteiger charge is 2.38. The number of pyridine rings is 2. The van der Waals surface area contributed by atoms with Gasteiger partial charge in [0.05, 0.1) is 29.8 Å². The Kier molecular flexibility index (Phi) is 9.63. The predicted molar refractivity (Wildman–Crippen MR) is 193 cm³/mol. The smallest absolute Gasteiger partial charge is 0.231 e. The van der Waals surface area contributed by atoms with E-state index in [2.05, 4.69) is 37.7 Å². The standard InChI is InChI=1S/C20H20N4O.C19H18N4O/c1-4-6-14-7-5-8-15(11-14)17-12-16(9-10-22-17)20(2)13-18(25)24(3)19(21)23-20;1-4-13-6-5-7-14(10-13)15-8-9-21-16(11-15)19(2)12-17(24)23(3)18(20)22-19/h5,7-12H,13H2,1-3H3,(H2,21,23);1,5-11H,12H2,2-3H3,(H2,20,22)/t20-;19-/m00/s1. The quantitative estimate of drug-likeness (QED) is 0.308. The van der Waals surface area contributed by atoms with Gasteiger partial charge in [-0.2, -0.15) is 0 Å². The van der Waals surface area contributed by atoms with E-state index in [4.69, 9.17) is 17.9 Å². The lowest BCUT2D eigenvalue weighted by molar-refractivity contribution is -0.129. The minimum absolute atomic E-state index is 0.0476. The molecule has 6 rings (SSSR count). The molecule has 2 aromatic carbocycles. The van der Waals surface area contributed by atoms with Crippen molar-refractivity contribution in [3.63, 3.8) is 0 Å². The van der Waals surface area contributed by atoms with Crippen molar-refractivity contribution >= 4 is 23.7 Å². The zero-order valence-electron chi connectivity index (χ0n) is 28.2. The normalized spacial score (nSPS) is 20.2. The summed E-state index contributed by atoms with van der Waals surface area (Å²) in [5, 5.41) is 0. The molecule has 2 amide bonds. The third-order valence-electron chi connectivity index (χ3n) is 8.63. The van der Waals surface area contributed by atoms with Crippen molar-refractivity contribution in [3.8, 4) is 46.6 Å². The van der Waals surface area contributed by atoms with Crippen LogP contribution in [0.4, 0.5) is 0 Å². The van der Waals surface area contributed by atoms with Crippen LogP contribution in [-0.4, -0.2) is 57.6 Å². The number of benzene rings is 2. The fourth-order valence-electron chi connectivity index (χ4n) is 5.65. The summed E-state index contributed by atoms with van der Waals surface area (Å²) in [5.74, 6) is 8.90. The Labute approximate surface area is 287 Å². The van der Waals surface area contributed by atoms with Crippen molar-refractivity contribution in [2.45, 2.75) is 44.7 Å². The molecular formula is C39H38N8O2. The summed E-state index contributed by atoms with van der Waals surface area (Å²) in [5.41, 5.74) is 17.4. The van der Waals surface area contributed by atoms with Crippen LogP contribution in [0.15, 0.2) is 95.2 Å². The molecule has 0 aliphatic carbocycles. The molecule has 0 saturated carbocycles. The number of hydrogen-bond donors (Lipinski definition) is 2. The number of rotatable bonds is 4. The van der Waals surface area contributed by atoms with Gasteiger partial charge in [0.1, 0.15) is 5.54 Å². The van der Waals surface area contributed by atoms with Crippen LogP contribution in [0, 0.1) is 24.2 Å². The van der Waals surface area contributed by atoms with E-state index in [0.717, 1.165) is 39.1 Å². The second kappa shape index (κ2) is 13.8. The lowest BCUT2D eigenvalue weighted by Gasteiger charge is -2.33. The van der Waals surface area contributed by atoms with Crippen molar-refractivity contribution < 1.29 is 9.59 Å². The average molecular weight is 651 g/mol. The average Bonchev–Trinajstić information content (AvgIpc) is 3.10. The van der Waals surface area contributed by atoms with Crippen LogP contribution in [-0.2, 0) is 20.7 Å². The fourth-order valence-corrected chi connectivity index (χ4v) is 5.65. The van der Waals surface area contributed by atoms with Gasteiger partial charge in [0.15, 0.2) is 11.9 Å². The minimum Gasteiger partial charge on any atom is -0.369 e. The summed E-state index contributed by atoms with van der Waals surface area (Å²) in [6.07, 6.45) is 9.43. The lowest BCUT2D eigenvalue weighted by atomic mass is 9.87. The minimum atomic E-state index is -0.770. The van der Waals surface area contributed by atoms with E-state index in [1.54, 1.807) is 26.5 Å². The first-order valence-corrected chi connectivity index (χ1v) is 15.6. The maximum absolute atomic E-state index is 12.2. The largest absolute Gasteiger partial charge is 0.369 e. The second-order valence-corrected chi connectivity index (χ2v) is 12.3. The van der Waals surface area contributed by atoms with Gasteiger partial charge in [0, 0.05) is 43.2 Å². The van der Waals surface area contributed by atoms with Gasteiger partial charge in [-0.1, -0.05) is 36.1 Å². The number of aromatic nitrogens is 2. The topological polar surface area (TPSA) is 143 Å². The highest BCUT2D eigenvalue weighted by atomic mass is 16.2. The van der Waals surface area contributed by atoms with Gasteiger partial charge in [0.2, 0.25) is 11.8 Å². The number of carbonyl (C=O) groups is 2. The van der Waals surface area contributed by atoms with Gasteiger partial charge >= 0.3 is 0 Å². The molecule has 0 fully saturated rings. The maximum atomic E-state index is 12.2. The van der Waals surface area contributed by atoms with E-state index < -0.39 is 11.1 Å². The van der Waals surface area contributed by atoms with E-state index in [0.29, 0.717) is 5.69 Å². The first-order valence-electron chi connectivity index (χ1n) is 15.6. The van der Waals surface area contributed by atoms with Gasteiger partial charge in [-0.3, -0.25) is 29.4 Å². The first-order chi connectivity index (χ1) is 23.4. The van der Waals surface area contributed by atoms with E-state index >= 15 is 0 Å². The highest BCUT2D eigenvalue weighted by Crippen LogP contribution is 2.35. The Balaban J connectivity index is 0.000000191. The van der Waals surface area contributed by atoms with Crippen LogP contribution < -0.4 is 11.5 Å². The summed E-state index contributed by atoms with van der Waals surface area (Å²) in [6.45, 7) is 5.60. The van der Waals surface area contributed by atoms with Gasteiger partial charge in [-0.25, -0.2) is 9.98 Å². The molecule has 0 bridgehead atoms. The fraction of sp³-hybridized carbons (Fsp3) is 0.231. The summed E-state index contributed by atoms with van der Waals surface area (Å²) in [4.78, 5) is 45.0. The Morgan fingerprint density at radius 1 is 0.735 bits per heavy atom. The molecule has 49 heavy (non-hydrogen) atoms. The van der Waals surface area contributed by atoms with Crippen molar-refractivity contribution in [3.05, 3.63) is 108 Å². The molecular weight excluding hydrogens is 612 g/mol. The predicted octanol–water partition coefficient (Wildman–Crippen LogP) is 4.63. The summed E-state index contributed by atoms with van der Waals surface area (Å²) >= 11 is 0. The maximum Gasteiger partial charge on any atom is 0.231 e. The Hall–Kier alpha value is -6.26. The number of aliphatic imine (C=N–C) groups is 2.